The van der Waals surface area contributed by atoms with Gasteiger partial charge < -0.3 is 0 Å². The first-order valence-electron chi connectivity index (χ1n) is 2.56. The van der Waals surface area contributed by atoms with Gasteiger partial charge in [-0.15, -0.1) is 0 Å². The first-order chi connectivity index (χ1) is 2.91. The average molecular weight is 205 g/mol. The molecule has 0 aromatic heterocycles. The van der Waals surface area contributed by atoms with Crippen molar-refractivity contribution in [2.45, 2.75) is 10.5 Å². The minimum atomic E-state index is 1.05. The zero-order valence-electron chi connectivity index (χ0n) is 4.57. The predicted molar refractivity (Wildman–Crippen MR) is 38.6 cm³/mol. The molecular formula is C4H12Ge2. The SMILES string of the molecule is [GeH3][CH2]/C=C/[CH2][GeH3]. The number of rotatable bonds is 2. The van der Waals surface area contributed by atoms with E-state index in [1.54, 1.807) is 0 Å². The second-order valence-corrected chi connectivity index (χ2v) is 4.71. The molecule has 0 spiro atoms. The molecule has 0 rings (SSSR count). The molecule has 0 saturated carbocycles. The van der Waals surface area contributed by atoms with E-state index < -0.39 is 0 Å². The standard InChI is InChI=1S/C4H12Ge2/c5-3-1-2-4-6/h1-2H,3-4H2,5-6H3/b2-1+. The third-order valence-electron chi connectivity index (χ3n) is 0.638. The van der Waals surface area contributed by atoms with Crippen molar-refractivity contribution in [1.82, 2.24) is 0 Å². The van der Waals surface area contributed by atoms with Crippen LogP contribution >= 0.6 is 0 Å². The Bertz CT molecular complexity index is 34.8. The summed E-state index contributed by atoms with van der Waals surface area (Å²) in [5.74, 6) is 0. The summed E-state index contributed by atoms with van der Waals surface area (Å²) < 4.78 is 0. The van der Waals surface area contributed by atoms with E-state index >= 15 is 0 Å². The van der Waals surface area contributed by atoms with E-state index in [0.29, 0.717) is 0 Å². The average Bonchev–Trinajstić information content (AvgIpc) is 1.61. The van der Waals surface area contributed by atoms with Crippen LogP contribution in [-0.2, 0) is 0 Å². The van der Waals surface area contributed by atoms with E-state index in [1.165, 1.54) is 10.5 Å². The molecule has 0 nitrogen and oxygen atoms in total. The summed E-state index contributed by atoms with van der Waals surface area (Å²) in [7, 11) is 0. The van der Waals surface area contributed by atoms with Crippen molar-refractivity contribution in [2.24, 2.45) is 0 Å². The quantitative estimate of drug-likeness (QED) is 0.405. The van der Waals surface area contributed by atoms with Crippen LogP contribution < -0.4 is 0 Å². The molecule has 0 aliphatic heterocycles. The number of hydrogen-bond acceptors (Lipinski definition) is 0. The summed E-state index contributed by atoms with van der Waals surface area (Å²) in [4.78, 5) is 0. The van der Waals surface area contributed by atoms with Gasteiger partial charge in [0.15, 0.2) is 0 Å². The molecule has 6 heavy (non-hydrogen) atoms. The molecule has 0 aliphatic carbocycles. The molecule has 0 saturated heterocycles. The molecule has 0 atom stereocenters. The molecule has 2 heteroatoms. The van der Waals surface area contributed by atoms with Crippen molar-refractivity contribution in [3.8, 4) is 0 Å². The Hall–Kier alpha value is 0.826. The van der Waals surface area contributed by atoms with Crippen LogP contribution in [0.5, 0.6) is 0 Å². The summed E-state index contributed by atoms with van der Waals surface area (Å²) in [6.07, 6.45) is 4.62. The Balaban J connectivity index is 2.73. The van der Waals surface area contributed by atoms with Gasteiger partial charge in [-0.3, -0.25) is 0 Å². The second-order valence-electron chi connectivity index (χ2n) is 1.29. The number of hydrogen-bond donors (Lipinski definition) is 0. The van der Waals surface area contributed by atoms with Gasteiger partial charge in [0.25, 0.3) is 0 Å². The Morgan fingerprint density at radius 1 is 1.00 bits per heavy atom. The van der Waals surface area contributed by atoms with Crippen LogP contribution in [0.15, 0.2) is 12.2 Å². The molecule has 0 amide bonds. The van der Waals surface area contributed by atoms with Crippen molar-refractivity contribution in [2.75, 3.05) is 0 Å². The topological polar surface area (TPSA) is 0 Å². The van der Waals surface area contributed by atoms with Gasteiger partial charge in [-0.25, -0.2) is 0 Å². The molecule has 36 valence electrons. The zero-order valence-corrected chi connectivity index (χ0v) is 13.0. The van der Waals surface area contributed by atoms with Crippen molar-refractivity contribution in [3.05, 3.63) is 12.2 Å². The molecule has 0 radical (unpaired) electrons. The van der Waals surface area contributed by atoms with Crippen molar-refractivity contribution in [3.63, 3.8) is 0 Å². The first-order valence-corrected chi connectivity index (χ1v) is 8.50. The van der Waals surface area contributed by atoms with Crippen molar-refractivity contribution < 1.29 is 0 Å². The molecule has 0 heterocycles. The molecule has 0 unspecified atom stereocenters. The number of allylic oxidation sites excluding steroid dienone is 2. The molecule has 0 N–H and O–H groups in total. The van der Waals surface area contributed by atoms with Gasteiger partial charge in [0, 0.05) is 0 Å². The summed E-state index contributed by atoms with van der Waals surface area (Å²) in [5, 5.41) is 2.78. The zero-order chi connectivity index (χ0) is 4.83. The van der Waals surface area contributed by atoms with E-state index in [9.17, 15) is 0 Å². The molecule has 0 aliphatic rings. The first kappa shape index (κ1) is 6.83. The third kappa shape index (κ3) is 4.83. The Morgan fingerprint density at radius 2 is 1.33 bits per heavy atom. The van der Waals surface area contributed by atoms with Crippen LogP contribution in [0.1, 0.15) is 0 Å². The van der Waals surface area contributed by atoms with E-state index in [2.05, 4.69) is 12.2 Å². The third-order valence-corrected chi connectivity index (χ3v) is 2.62. The van der Waals surface area contributed by atoms with Gasteiger partial charge in [-0.2, -0.15) is 0 Å². The summed E-state index contributed by atoms with van der Waals surface area (Å²) in [5.41, 5.74) is 0. The normalized spacial score (nSPS) is 11.3. The Morgan fingerprint density at radius 3 is 1.50 bits per heavy atom. The van der Waals surface area contributed by atoms with E-state index in [0.717, 1.165) is 33.0 Å². The van der Waals surface area contributed by atoms with Gasteiger partial charge >= 0.3 is 55.7 Å². The van der Waals surface area contributed by atoms with Crippen LogP contribution in [0.4, 0.5) is 0 Å². The predicted octanol–water partition coefficient (Wildman–Crippen LogP) is -0.890. The van der Waals surface area contributed by atoms with Crippen LogP contribution in [0.3, 0.4) is 0 Å². The molecule has 0 aromatic rings. The molecule has 0 bridgehead atoms. The fourth-order valence-electron chi connectivity index (χ4n) is 0.333. The van der Waals surface area contributed by atoms with Crippen molar-refractivity contribution >= 4 is 33.0 Å². The van der Waals surface area contributed by atoms with E-state index in [4.69, 9.17) is 0 Å². The fraction of sp³-hybridized carbons (Fsp3) is 0.500. The molecule has 0 fully saturated rings. The Labute approximate surface area is 55.8 Å². The van der Waals surface area contributed by atoms with Crippen LogP contribution in [-0.4, -0.2) is 33.0 Å². The summed E-state index contributed by atoms with van der Waals surface area (Å²) in [6.45, 7) is 0. The van der Waals surface area contributed by atoms with Gasteiger partial charge in [-0.05, 0) is 0 Å². The van der Waals surface area contributed by atoms with Gasteiger partial charge in [0.2, 0.25) is 0 Å². The summed E-state index contributed by atoms with van der Waals surface area (Å²) >= 11 is 2.09. The summed E-state index contributed by atoms with van der Waals surface area (Å²) in [6, 6.07) is 0. The van der Waals surface area contributed by atoms with E-state index in [1.807, 2.05) is 0 Å². The minimum absolute atomic E-state index is 1.05. The van der Waals surface area contributed by atoms with E-state index in [-0.39, 0.29) is 0 Å². The maximum atomic E-state index is 2.31. The Kier molecular flexibility index (Phi) is 6.63. The molecular weight excluding hydrogens is 193 g/mol. The maximum absolute atomic E-state index is 2.31. The van der Waals surface area contributed by atoms with Crippen LogP contribution in [0.2, 0.25) is 10.5 Å². The van der Waals surface area contributed by atoms with Crippen LogP contribution in [0, 0.1) is 0 Å². The van der Waals surface area contributed by atoms with Gasteiger partial charge in [-0.1, -0.05) is 0 Å². The van der Waals surface area contributed by atoms with Gasteiger partial charge in [0.05, 0.1) is 0 Å². The van der Waals surface area contributed by atoms with Crippen LogP contribution in [0.25, 0.3) is 0 Å². The monoisotopic (exact) mass is 208 g/mol. The second kappa shape index (κ2) is 5.83. The fourth-order valence-corrected chi connectivity index (χ4v) is 1.73. The van der Waals surface area contributed by atoms with Crippen molar-refractivity contribution in [1.29, 1.82) is 0 Å². The molecule has 0 aromatic carbocycles. The van der Waals surface area contributed by atoms with Gasteiger partial charge in [0.1, 0.15) is 0 Å².